The van der Waals surface area contributed by atoms with Crippen LogP contribution in [0.1, 0.15) is 0 Å². The van der Waals surface area contributed by atoms with Crippen molar-refractivity contribution < 1.29 is 18.7 Å². The van der Waals surface area contributed by atoms with Crippen LogP contribution in [0.3, 0.4) is 0 Å². The van der Waals surface area contributed by atoms with Crippen LogP contribution in [0.5, 0.6) is 17.2 Å². The fraction of sp³-hybridized carbons (Fsp3) is 0.0370. The number of carbonyl (C=O) groups is 1. The van der Waals surface area contributed by atoms with Gasteiger partial charge in [-0.3, -0.25) is 9.59 Å². The lowest BCUT2D eigenvalue weighted by atomic mass is 10.1. The number of benzene rings is 4. The topological polar surface area (TPSA) is 77.8 Å². The summed E-state index contributed by atoms with van der Waals surface area (Å²) < 4.78 is 17.0. The van der Waals surface area contributed by atoms with Gasteiger partial charge in [0.2, 0.25) is 11.2 Å². The Hall–Kier alpha value is -4.00. The molecule has 174 valence electrons. The maximum atomic E-state index is 12.9. The van der Waals surface area contributed by atoms with Gasteiger partial charge in [-0.25, -0.2) is 0 Å². The molecular weight excluding hydrogens is 489 g/mol. The summed E-state index contributed by atoms with van der Waals surface area (Å²) in [5, 5.41) is 5.80. The molecule has 5 aromatic rings. The third kappa shape index (κ3) is 5.09. The number of hydrogen-bond acceptors (Lipinski definition) is 5. The van der Waals surface area contributed by atoms with Gasteiger partial charge in [0, 0.05) is 11.8 Å². The van der Waals surface area contributed by atoms with E-state index in [1.54, 1.807) is 42.5 Å². The van der Waals surface area contributed by atoms with Gasteiger partial charge in [0.1, 0.15) is 23.3 Å². The quantitative estimate of drug-likeness (QED) is 0.267. The van der Waals surface area contributed by atoms with E-state index in [9.17, 15) is 9.59 Å². The molecule has 0 atom stereocenters. The monoisotopic (exact) mass is 505 g/mol. The van der Waals surface area contributed by atoms with Crippen molar-refractivity contribution in [1.82, 2.24) is 0 Å². The predicted octanol–water partition coefficient (Wildman–Crippen LogP) is 7.06. The Labute approximate surface area is 209 Å². The third-order valence-corrected chi connectivity index (χ3v) is 5.98. The average molecular weight is 506 g/mol. The summed E-state index contributed by atoms with van der Waals surface area (Å²) in [4.78, 5) is 25.1. The summed E-state index contributed by atoms with van der Waals surface area (Å²) in [6.07, 6.45) is 1.26. The molecule has 0 unspecified atom stereocenters. The average Bonchev–Trinajstić information content (AvgIpc) is 2.86. The first-order valence-electron chi connectivity index (χ1n) is 10.6. The van der Waals surface area contributed by atoms with Crippen LogP contribution in [0.25, 0.3) is 21.7 Å². The van der Waals surface area contributed by atoms with Crippen LogP contribution in [0.15, 0.2) is 94.3 Å². The van der Waals surface area contributed by atoms with Gasteiger partial charge in [0.25, 0.3) is 5.91 Å². The molecule has 6 nitrogen and oxygen atoms in total. The minimum absolute atomic E-state index is 0.0717. The van der Waals surface area contributed by atoms with Gasteiger partial charge >= 0.3 is 0 Å². The summed E-state index contributed by atoms with van der Waals surface area (Å²) in [5.74, 6) is 0.586. The van der Waals surface area contributed by atoms with Crippen LogP contribution in [-0.4, -0.2) is 12.5 Å². The summed E-state index contributed by atoms with van der Waals surface area (Å²) >= 11 is 11.8. The van der Waals surface area contributed by atoms with Crippen molar-refractivity contribution in [2.24, 2.45) is 0 Å². The molecule has 0 bridgehead atoms. The van der Waals surface area contributed by atoms with E-state index in [4.69, 9.17) is 37.1 Å². The molecule has 0 aliphatic heterocycles. The zero-order valence-corrected chi connectivity index (χ0v) is 19.6. The molecule has 1 aromatic heterocycles. The molecule has 0 spiro atoms. The normalized spacial score (nSPS) is 10.9. The minimum atomic E-state index is -0.385. The highest BCUT2D eigenvalue weighted by atomic mass is 35.5. The first-order valence-corrected chi connectivity index (χ1v) is 11.3. The molecule has 4 aromatic carbocycles. The van der Waals surface area contributed by atoms with Gasteiger partial charge in [0.05, 0.1) is 15.4 Å². The zero-order chi connectivity index (χ0) is 24.4. The Balaban J connectivity index is 1.28. The Kier molecular flexibility index (Phi) is 6.31. The van der Waals surface area contributed by atoms with Crippen molar-refractivity contribution in [3.05, 3.63) is 105 Å². The zero-order valence-electron chi connectivity index (χ0n) is 18.1. The SMILES string of the molecule is O=C(COc1ccc2c(=O)c(Oc3ccc4ccccc4c3)coc2c1)Nc1ccc(Cl)c(Cl)c1. The largest absolute Gasteiger partial charge is 0.484 e. The minimum Gasteiger partial charge on any atom is -0.484 e. The first-order chi connectivity index (χ1) is 17.0. The smallest absolute Gasteiger partial charge is 0.262 e. The lowest BCUT2D eigenvalue weighted by Crippen LogP contribution is -2.20. The molecular formula is C27H17Cl2NO5. The first kappa shape index (κ1) is 22.8. The Morgan fingerprint density at radius 3 is 2.49 bits per heavy atom. The second-order valence-electron chi connectivity index (χ2n) is 7.66. The van der Waals surface area contributed by atoms with Crippen molar-refractivity contribution in [2.45, 2.75) is 0 Å². The van der Waals surface area contributed by atoms with Crippen LogP contribution in [0.4, 0.5) is 5.69 Å². The van der Waals surface area contributed by atoms with Gasteiger partial charge < -0.3 is 19.2 Å². The highest BCUT2D eigenvalue weighted by Gasteiger charge is 2.12. The Morgan fingerprint density at radius 1 is 0.857 bits per heavy atom. The lowest BCUT2D eigenvalue weighted by Gasteiger charge is -2.09. The van der Waals surface area contributed by atoms with Gasteiger partial charge in [0.15, 0.2) is 6.61 Å². The van der Waals surface area contributed by atoms with Crippen molar-refractivity contribution in [3.63, 3.8) is 0 Å². The molecule has 1 N–H and O–H groups in total. The van der Waals surface area contributed by atoms with E-state index < -0.39 is 0 Å². The van der Waals surface area contributed by atoms with E-state index in [-0.39, 0.29) is 23.7 Å². The number of hydrogen-bond donors (Lipinski definition) is 1. The molecule has 1 heterocycles. The molecule has 0 saturated carbocycles. The van der Waals surface area contributed by atoms with Crippen molar-refractivity contribution in [3.8, 4) is 17.2 Å². The standard InChI is InChI=1S/C27H17Cl2NO5/c28-22-10-6-18(12-23(22)29)30-26(31)15-33-19-8-9-21-24(13-19)34-14-25(27(21)32)35-20-7-5-16-3-1-2-4-17(16)11-20/h1-14H,15H2,(H,30,31). The summed E-state index contributed by atoms with van der Waals surface area (Å²) in [5.41, 5.74) is 0.489. The van der Waals surface area contributed by atoms with Crippen molar-refractivity contribution >= 4 is 56.5 Å². The molecule has 8 heteroatoms. The molecule has 0 aliphatic rings. The number of ether oxygens (including phenoxy) is 2. The van der Waals surface area contributed by atoms with E-state index in [0.717, 1.165) is 10.8 Å². The third-order valence-electron chi connectivity index (χ3n) is 5.24. The van der Waals surface area contributed by atoms with Crippen LogP contribution in [-0.2, 0) is 4.79 Å². The fourth-order valence-corrected chi connectivity index (χ4v) is 3.83. The number of rotatable bonds is 6. The van der Waals surface area contributed by atoms with Crippen LogP contribution in [0.2, 0.25) is 10.0 Å². The Morgan fingerprint density at radius 2 is 1.66 bits per heavy atom. The highest BCUT2D eigenvalue weighted by molar-refractivity contribution is 6.42. The maximum absolute atomic E-state index is 12.9. The van der Waals surface area contributed by atoms with Crippen molar-refractivity contribution in [2.75, 3.05) is 11.9 Å². The molecule has 5 rings (SSSR count). The highest BCUT2D eigenvalue weighted by Crippen LogP contribution is 2.27. The van der Waals surface area contributed by atoms with Crippen LogP contribution in [0, 0.1) is 0 Å². The molecule has 1 amide bonds. The van der Waals surface area contributed by atoms with E-state index >= 15 is 0 Å². The number of halogens is 2. The number of carbonyl (C=O) groups excluding carboxylic acids is 1. The predicted molar refractivity (Wildman–Crippen MR) is 137 cm³/mol. The number of nitrogens with one attached hydrogen (secondary N) is 1. The summed E-state index contributed by atoms with van der Waals surface area (Å²) in [6, 6.07) is 22.9. The van der Waals surface area contributed by atoms with E-state index in [2.05, 4.69) is 5.32 Å². The van der Waals surface area contributed by atoms with E-state index in [1.165, 1.54) is 6.26 Å². The van der Waals surface area contributed by atoms with Gasteiger partial charge in [-0.2, -0.15) is 0 Å². The van der Waals surface area contributed by atoms with Gasteiger partial charge in [-0.1, -0.05) is 53.5 Å². The van der Waals surface area contributed by atoms with Crippen LogP contribution >= 0.6 is 23.2 Å². The summed E-state index contributed by atoms with van der Waals surface area (Å²) in [7, 11) is 0. The summed E-state index contributed by atoms with van der Waals surface area (Å²) in [6.45, 7) is -0.251. The number of fused-ring (bicyclic) bond motifs is 2. The number of amides is 1. The lowest BCUT2D eigenvalue weighted by molar-refractivity contribution is -0.118. The second kappa shape index (κ2) is 9.70. The fourth-order valence-electron chi connectivity index (χ4n) is 3.53. The number of anilines is 1. The second-order valence-corrected chi connectivity index (χ2v) is 8.48. The molecule has 0 aliphatic carbocycles. The maximum Gasteiger partial charge on any atom is 0.262 e. The Bertz CT molecular complexity index is 1630. The van der Waals surface area contributed by atoms with Gasteiger partial charge in [-0.05, 0) is 53.2 Å². The van der Waals surface area contributed by atoms with E-state index in [1.807, 2.05) is 36.4 Å². The molecule has 0 saturated heterocycles. The van der Waals surface area contributed by atoms with Crippen molar-refractivity contribution in [1.29, 1.82) is 0 Å². The molecule has 35 heavy (non-hydrogen) atoms. The van der Waals surface area contributed by atoms with E-state index in [0.29, 0.717) is 38.2 Å². The van der Waals surface area contributed by atoms with Gasteiger partial charge in [-0.15, -0.1) is 0 Å². The van der Waals surface area contributed by atoms with Crippen LogP contribution < -0.4 is 20.2 Å². The molecule has 0 fully saturated rings. The molecule has 0 radical (unpaired) electrons.